The molecule has 5 nitrogen and oxygen atoms in total. The van der Waals surface area contributed by atoms with Gasteiger partial charge in [-0.1, -0.05) is 0 Å². The van der Waals surface area contributed by atoms with Crippen LogP contribution in [0.4, 0.5) is 5.82 Å². The molecule has 116 valence electrons. The van der Waals surface area contributed by atoms with Gasteiger partial charge in [-0.2, -0.15) is 0 Å². The van der Waals surface area contributed by atoms with E-state index in [1.165, 1.54) is 24.1 Å². The highest BCUT2D eigenvalue weighted by Gasteiger charge is 2.29. The van der Waals surface area contributed by atoms with E-state index >= 15 is 0 Å². The molecule has 0 radical (unpaired) electrons. The summed E-state index contributed by atoms with van der Waals surface area (Å²) in [6, 6.07) is 0. The van der Waals surface area contributed by atoms with Crippen LogP contribution in [0.3, 0.4) is 0 Å². The molecule has 5 heteroatoms. The summed E-state index contributed by atoms with van der Waals surface area (Å²) < 4.78 is 11.2. The second-order valence-corrected chi connectivity index (χ2v) is 6.16. The van der Waals surface area contributed by atoms with E-state index in [1.807, 2.05) is 6.92 Å². The Balaban J connectivity index is 1.90. The van der Waals surface area contributed by atoms with Crippen LogP contribution in [0.1, 0.15) is 36.8 Å². The zero-order valence-electron chi connectivity index (χ0n) is 13.3. The third-order valence-electron chi connectivity index (χ3n) is 4.25. The molecule has 0 aromatic carbocycles. The first kappa shape index (κ1) is 14.7. The summed E-state index contributed by atoms with van der Waals surface area (Å²) in [6.07, 6.45) is 5.00. The number of methoxy groups -OCH3 is 1. The molecule has 0 amide bonds. The maximum absolute atomic E-state index is 5.94. The quantitative estimate of drug-likeness (QED) is 0.851. The van der Waals surface area contributed by atoms with Gasteiger partial charge in [0.15, 0.2) is 0 Å². The third kappa shape index (κ3) is 3.19. The highest BCUT2D eigenvalue weighted by Crippen LogP contribution is 2.29. The maximum Gasteiger partial charge on any atom is 0.135 e. The second kappa shape index (κ2) is 6.28. The predicted molar refractivity (Wildman–Crippen MR) is 81.8 cm³/mol. The van der Waals surface area contributed by atoms with Crippen molar-refractivity contribution in [3.63, 3.8) is 0 Å². The Labute approximate surface area is 126 Å². The first-order valence-corrected chi connectivity index (χ1v) is 7.93. The molecule has 0 N–H and O–H groups in total. The van der Waals surface area contributed by atoms with Crippen molar-refractivity contribution in [1.82, 2.24) is 9.97 Å². The molecule has 21 heavy (non-hydrogen) atoms. The van der Waals surface area contributed by atoms with E-state index in [4.69, 9.17) is 14.5 Å². The molecule has 1 aromatic rings. The Morgan fingerprint density at radius 1 is 1.24 bits per heavy atom. The average molecular weight is 291 g/mol. The van der Waals surface area contributed by atoms with Gasteiger partial charge in [0.05, 0.1) is 18.8 Å². The van der Waals surface area contributed by atoms with Gasteiger partial charge in [0, 0.05) is 31.5 Å². The summed E-state index contributed by atoms with van der Waals surface area (Å²) in [6.45, 7) is 6.49. The zero-order valence-corrected chi connectivity index (χ0v) is 13.3. The lowest BCUT2D eigenvalue weighted by molar-refractivity contribution is -0.0513. The molecule has 2 unspecified atom stereocenters. The van der Waals surface area contributed by atoms with E-state index in [1.54, 1.807) is 7.11 Å². The van der Waals surface area contributed by atoms with E-state index < -0.39 is 0 Å². The fourth-order valence-corrected chi connectivity index (χ4v) is 3.45. The number of fused-ring (bicyclic) bond motifs is 1. The number of aryl methyl sites for hydroxylation is 2. The van der Waals surface area contributed by atoms with Gasteiger partial charge in [0.1, 0.15) is 11.6 Å². The van der Waals surface area contributed by atoms with Gasteiger partial charge in [-0.05, 0) is 39.5 Å². The standard InChI is InChI=1S/C16H25N3O2/c1-11-8-19(9-13(21-11)10-20-3)16-14-6-4-5-7-15(14)17-12(2)18-16/h11,13H,4-10H2,1-3H3. The number of morpholine rings is 1. The van der Waals surface area contributed by atoms with E-state index in [0.29, 0.717) is 6.61 Å². The number of ether oxygens (including phenoxy) is 2. The molecular weight excluding hydrogens is 266 g/mol. The minimum absolute atomic E-state index is 0.119. The molecule has 2 atom stereocenters. The Morgan fingerprint density at radius 3 is 2.86 bits per heavy atom. The van der Waals surface area contributed by atoms with Crippen LogP contribution in [0.2, 0.25) is 0 Å². The van der Waals surface area contributed by atoms with E-state index in [9.17, 15) is 0 Å². The van der Waals surface area contributed by atoms with Crippen LogP contribution in [0.25, 0.3) is 0 Å². The molecule has 1 fully saturated rings. The summed E-state index contributed by atoms with van der Waals surface area (Å²) in [5.74, 6) is 2.02. The summed E-state index contributed by atoms with van der Waals surface area (Å²) in [5, 5.41) is 0. The van der Waals surface area contributed by atoms with Crippen LogP contribution in [0.15, 0.2) is 0 Å². The van der Waals surface area contributed by atoms with E-state index in [2.05, 4.69) is 16.8 Å². The van der Waals surface area contributed by atoms with Gasteiger partial charge < -0.3 is 14.4 Å². The van der Waals surface area contributed by atoms with E-state index in [-0.39, 0.29) is 12.2 Å². The first-order chi connectivity index (χ1) is 10.2. The van der Waals surface area contributed by atoms with Crippen LogP contribution < -0.4 is 4.90 Å². The average Bonchev–Trinajstić information content (AvgIpc) is 2.46. The smallest absolute Gasteiger partial charge is 0.135 e. The Morgan fingerprint density at radius 2 is 2.05 bits per heavy atom. The molecule has 1 aliphatic heterocycles. The third-order valence-corrected chi connectivity index (χ3v) is 4.25. The highest BCUT2D eigenvalue weighted by molar-refractivity contribution is 5.51. The number of nitrogens with zero attached hydrogens (tertiary/aromatic N) is 3. The second-order valence-electron chi connectivity index (χ2n) is 6.16. The van der Waals surface area contributed by atoms with Crippen LogP contribution in [-0.4, -0.2) is 49.0 Å². The number of hydrogen-bond acceptors (Lipinski definition) is 5. The minimum Gasteiger partial charge on any atom is -0.382 e. The molecular formula is C16H25N3O2. The summed E-state index contributed by atoms with van der Waals surface area (Å²) in [4.78, 5) is 11.8. The number of hydrogen-bond donors (Lipinski definition) is 0. The molecule has 0 bridgehead atoms. The lowest BCUT2D eigenvalue weighted by Crippen LogP contribution is -2.49. The lowest BCUT2D eigenvalue weighted by atomic mass is 9.95. The van der Waals surface area contributed by atoms with Crippen LogP contribution in [0, 0.1) is 6.92 Å². The summed E-state index contributed by atoms with van der Waals surface area (Å²) >= 11 is 0. The Bertz CT molecular complexity index is 507. The molecule has 0 spiro atoms. The number of aromatic nitrogens is 2. The van der Waals surface area contributed by atoms with Crippen molar-refractivity contribution in [1.29, 1.82) is 0 Å². The van der Waals surface area contributed by atoms with Crippen molar-refractivity contribution in [2.24, 2.45) is 0 Å². The fourth-order valence-electron chi connectivity index (χ4n) is 3.45. The van der Waals surface area contributed by atoms with Gasteiger partial charge in [-0.15, -0.1) is 0 Å². The van der Waals surface area contributed by atoms with Gasteiger partial charge in [-0.25, -0.2) is 9.97 Å². The molecule has 2 aliphatic rings. The van der Waals surface area contributed by atoms with E-state index in [0.717, 1.165) is 37.6 Å². The summed E-state index contributed by atoms with van der Waals surface area (Å²) in [5.41, 5.74) is 2.61. The number of anilines is 1. The van der Waals surface area contributed by atoms with Crippen molar-refractivity contribution >= 4 is 5.82 Å². The van der Waals surface area contributed by atoms with Crippen molar-refractivity contribution in [3.05, 3.63) is 17.1 Å². The fraction of sp³-hybridized carbons (Fsp3) is 0.750. The molecule has 2 heterocycles. The Hall–Kier alpha value is -1.20. The van der Waals surface area contributed by atoms with Crippen LogP contribution >= 0.6 is 0 Å². The zero-order chi connectivity index (χ0) is 14.8. The van der Waals surface area contributed by atoms with Gasteiger partial charge in [0.2, 0.25) is 0 Å². The monoisotopic (exact) mass is 291 g/mol. The van der Waals surface area contributed by atoms with Gasteiger partial charge in [0.25, 0.3) is 0 Å². The van der Waals surface area contributed by atoms with Crippen molar-refractivity contribution < 1.29 is 9.47 Å². The molecule has 3 rings (SSSR count). The normalized spacial score (nSPS) is 25.8. The Kier molecular flexibility index (Phi) is 4.40. The molecule has 1 aromatic heterocycles. The lowest BCUT2D eigenvalue weighted by Gasteiger charge is -2.38. The highest BCUT2D eigenvalue weighted by atomic mass is 16.5. The van der Waals surface area contributed by atoms with Crippen molar-refractivity contribution in [2.75, 3.05) is 31.7 Å². The van der Waals surface area contributed by atoms with Crippen LogP contribution in [0.5, 0.6) is 0 Å². The maximum atomic E-state index is 5.94. The topological polar surface area (TPSA) is 47.5 Å². The largest absolute Gasteiger partial charge is 0.382 e. The molecule has 0 saturated carbocycles. The SMILES string of the molecule is COCC1CN(c2nc(C)nc3c2CCCC3)CC(C)O1. The van der Waals surface area contributed by atoms with Crippen molar-refractivity contribution in [2.45, 2.75) is 51.7 Å². The summed E-state index contributed by atoms with van der Waals surface area (Å²) in [7, 11) is 1.73. The minimum atomic E-state index is 0.119. The predicted octanol–water partition coefficient (Wildman–Crippen LogP) is 1.90. The van der Waals surface area contributed by atoms with Gasteiger partial charge >= 0.3 is 0 Å². The van der Waals surface area contributed by atoms with Crippen LogP contribution in [-0.2, 0) is 22.3 Å². The molecule has 1 saturated heterocycles. The number of rotatable bonds is 3. The first-order valence-electron chi connectivity index (χ1n) is 7.93. The molecule has 1 aliphatic carbocycles. The van der Waals surface area contributed by atoms with Gasteiger partial charge in [-0.3, -0.25) is 0 Å². The van der Waals surface area contributed by atoms with Crippen molar-refractivity contribution in [3.8, 4) is 0 Å².